The summed E-state index contributed by atoms with van der Waals surface area (Å²) in [5.41, 5.74) is 4.85. The van der Waals surface area contributed by atoms with Crippen LogP contribution < -0.4 is 25.8 Å². The minimum Gasteiger partial charge on any atom is -0.381 e. The average molecular weight is 886 g/mol. The Morgan fingerprint density at radius 2 is 1.55 bits per heavy atom. The van der Waals surface area contributed by atoms with E-state index in [9.17, 15) is 37.5 Å². The fourth-order valence-electron chi connectivity index (χ4n) is 9.49. The Balaban J connectivity index is 0.776. The quantitative estimate of drug-likeness (QED) is 0.108. The number of imide groups is 2. The number of benzene rings is 4. The molecule has 4 fully saturated rings. The zero-order valence-corrected chi connectivity index (χ0v) is 35.2. The maximum atomic E-state index is 14.0. The number of halogens is 2. The van der Waals surface area contributed by atoms with Crippen LogP contribution >= 0.6 is 0 Å². The molecule has 4 N–H and O–H groups in total. The van der Waals surface area contributed by atoms with E-state index in [1.54, 1.807) is 11.0 Å². The predicted molar refractivity (Wildman–Crippen MR) is 235 cm³/mol. The monoisotopic (exact) mass is 885 g/mol. The molecule has 4 saturated heterocycles. The molecule has 5 aromatic rings. The maximum absolute atomic E-state index is 14.0. The molecular weight excluding hydrogens is 841 g/mol. The second-order valence-electron chi connectivity index (χ2n) is 17.2. The zero-order chi connectivity index (χ0) is 44.9. The molecule has 6 amide bonds. The van der Waals surface area contributed by atoms with Crippen LogP contribution in [0, 0.1) is 17.6 Å². The molecule has 5 aliphatic rings. The van der Waals surface area contributed by atoms with Crippen LogP contribution in [-0.4, -0.2) is 120 Å². The largest absolute Gasteiger partial charge is 0.381 e. The molecule has 5 aliphatic heterocycles. The predicted octanol–water partition coefficient (Wildman–Crippen LogP) is 4.46. The van der Waals surface area contributed by atoms with Gasteiger partial charge in [-0.15, -0.1) is 0 Å². The van der Waals surface area contributed by atoms with Gasteiger partial charge in [0.05, 0.1) is 28.1 Å². The first-order valence-electron chi connectivity index (χ1n) is 21.8. The lowest BCUT2D eigenvalue weighted by atomic mass is 9.95. The van der Waals surface area contributed by atoms with E-state index in [2.05, 4.69) is 35.9 Å². The first kappa shape index (κ1) is 41.9. The lowest BCUT2D eigenvalue weighted by Crippen LogP contribution is -2.58. The second-order valence-corrected chi connectivity index (χ2v) is 17.2. The van der Waals surface area contributed by atoms with Gasteiger partial charge in [0.1, 0.15) is 17.7 Å². The number of piperidine rings is 1. The van der Waals surface area contributed by atoms with Crippen molar-refractivity contribution in [3.05, 3.63) is 112 Å². The van der Waals surface area contributed by atoms with Crippen LogP contribution in [0.2, 0.25) is 0 Å². The molecule has 0 radical (unpaired) electrons. The van der Waals surface area contributed by atoms with Crippen LogP contribution in [-0.2, 0) is 25.5 Å². The van der Waals surface area contributed by atoms with E-state index in [4.69, 9.17) is 4.74 Å². The zero-order valence-electron chi connectivity index (χ0n) is 35.2. The molecule has 2 atom stereocenters. The number of ether oxygens (including phenoxy) is 1. The summed E-state index contributed by atoms with van der Waals surface area (Å²) in [6.45, 7) is 5.06. The van der Waals surface area contributed by atoms with Gasteiger partial charge in [0.15, 0.2) is 5.82 Å². The molecule has 4 aromatic carbocycles. The van der Waals surface area contributed by atoms with Gasteiger partial charge in [-0.1, -0.05) is 6.07 Å². The van der Waals surface area contributed by atoms with E-state index >= 15 is 0 Å². The Labute approximate surface area is 371 Å². The van der Waals surface area contributed by atoms with Gasteiger partial charge in [-0.05, 0) is 97.5 Å². The SMILES string of the molecule is O=C1CCC(N2C(=O)c3ccc(N4CC(CN5CCN(c6ccc(C(=O)Nc7n[nH]c8ccc(Cc9cc(F)cc(F)c9)cc78)c(NC7CCOCC7)c6)CC5)C4=O)cc3C2=O)C(=O)N1. The molecule has 0 spiro atoms. The first-order chi connectivity index (χ1) is 31.4. The number of fused-ring (bicyclic) bond motifs is 2. The number of hydrogen-bond acceptors (Lipinski definition) is 11. The first-order valence-corrected chi connectivity index (χ1v) is 21.8. The van der Waals surface area contributed by atoms with Gasteiger partial charge < -0.3 is 25.2 Å². The molecule has 18 heteroatoms. The third kappa shape index (κ3) is 8.30. The summed E-state index contributed by atoms with van der Waals surface area (Å²) in [5.74, 6) is -3.96. The number of carbonyl (C=O) groups excluding carboxylic acids is 6. The van der Waals surface area contributed by atoms with Crippen molar-refractivity contribution in [1.29, 1.82) is 0 Å². The van der Waals surface area contributed by atoms with E-state index in [1.807, 2.05) is 36.4 Å². The van der Waals surface area contributed by atoms with Gasteiger partial charge in [-0.3, -0.25) is 49.0 Å². The third-order valence-electron chi connectivity index (χ3n) is 13.0. The molecular formula is C47H45F2N9O7. The van der Waals surface area contributed by atoms with Gasteiger partial charge in [-0.2, -0.15) is 5.10 Å². The second kappa shape index (κ2) is 17.2. The number of piperazine rings is 1. The number of aromatic amines is 1. The van der Waals surface area contributed by atoms with E-state index in [0.29, 0.717) is 91.7 Å². The molecule has 65 heavy (non-hydrogen) atoms. The summed E-state index contributed by atoms with van der Waals surface area (Å²) in [6, 6.07) is 18.4. The van der Waals surface area contributed by atoms with Gasteiger partial charge in [0.25, 0.3) is 17.7 Å². The topological polar surface area (TPSA) is 189 Å². The highest BCUT2D eigenvalue weighted by atomic mass is 19.1. The van der Waals surface area contributed by atoms with E-state index < -0.39 is 41.3 Å². The fourth-order valence-corrected chi connectivity index (χ4v) is 9.49. The summed E-state index contributed by atoms with van der Waals surface area (Å²) in [7, 11) is 0. The Bertz CT molecular complexity index is 2760. The number of nitrogens with one attached hydrogen (secondary N) is 4. The highest BCUT2D eigenvalue weighted by Gasteiger charge is 2.46. The minimum absolute atomic E-state index is 0.0285. The van der Waals surface area contributed by atoms with Crippen LogP contribution in [0.5, 0.6) is 0 Å². The van der Waals surface area contributed by atoms with Crippen molar-refractivity contribution >= 4 is 69.2 Å². The van der Waals surface area contributed by atoms with Crippen molar-refractivity contribution in [3.63, 3.8) is 0 Å². The Kier molecular flexibility index (Phi) is 11.1. The van der Waals surface area contributed by atoms with Gasteiger partial charge in [0, 0.05) is 93.5 Å². The summed E-state index contributed by atoms with van der Waals surface area (Å²) < 4.78 is 33.4. The highest BCUT2D eigenvalue weighted by molar-refractivity contribution is 6.24. The number of aromatic nitrogens is 2. The van der Waals surface area contributed by atoms with Crippen molar-refractivity contribution in [2.45, 2.75) is 44.2 Å². The number of β-lactam (4-membered cyclic amide) rings is 1. The van der Waals surface area contributed by atoms with Crippen LogP contribution in [0.3, 0.4) is 0 Å². The summed E-state index contributed by atoms with van der Waals surface area (Å²) in [4.78, 5) is 85.2. The average Bonchev–Trinajstić information content (AvgIpc) is 3.80. The van der Waals surface area contributed by atoms with Gasteiger partial charge in [-0.25, -0.2) is 8.78 Å². The molecule has 16 nitrogen and oxygen atoms in total. The standard InChI is InChI=1S/C47H45F2N9O7/c48-29-18-27(19-30(49)21-29)17-26-1-6-38-37(20-26)42(54-53-38)52-43(60)35-5-2-32(23-39(35)50-31-9-15-65-16-10-31)56-13-11-55(12-14-56)24-28-25-57(45(28)62)33-3-4-34-36(22-33)47(64)58(46(34)63)40-7-8-41(59)51-44(40)61/h1-6,18-23,28,31,40,50H,7-17,24-25H2,(H,51,59,61)(H2,52,53,54,60). The number of amides is 6. The van der Waals surface area contributed by atoms with E-state index in [-0.39, 0.29) is 54.2 Å². The molecule has 2 unspecified atom stereocenters. The summed E-state index contributed by atoms with van der Waals surface area (Å²) in [6.07, 6.45) is 1.96. The number of carbonyl (C=O) groups is 6. The molecule has 6 heterocycles. The smallest absolute Gasteiger partial charge is 0.262 e. The molecule has 0 saturated carbocycles. The summed E-state index contributed by atoms with van der Waals surface area (Å²) in [5, 5.41) is 16.8. The highest BCUT2D eigenvalue weighted by Crippen LogP contribution is 2.35. The Morgan fingerprint density at radius 3 is 2.31 bits per heavy atom. The Morgan fingerprint density at radius 1 is 0.800 bits per heavy atom. The molecule has 1 aromatic heterocycles. The summed E-state index contributed by atoms with van der Waals surface area (Å²) >= 11 is 0. The molecule has 0 bridgehead atoms. The van der Waals surface area contributed by atoms with Crippen molar-refractivity contribution in [1.82, 2.24) is 25.3 Å². The lowest BCUT2D eigenvalue weighted by molar-refractivity contribution is -0.136. The van der Waals surface area contributed by atoms with Crippen LogP contribution in [0.4, 0.5) is 31.7 Å². The van der Waals surface area contributed by atoms with E-state index in [1.165, 1.54) is 24.3 Å². The normalized spacial score (nSPS) is 20.6. The number of anilines is 4. The van der Waals surface area contributed by atoms with Crippen molar-refractivity contribution in [3.8, 4) is 0 Å². The van der Waals surface area contributed by atoms with Crippen LogP contribution in [0.25, 0.3) is 10.9 Å². The Hall–Kier alpha value is -7.05. The lowest BCUT2D eigenvalue weighted by Gasteiger charge is -2.43. The molecule has 334 valence electrons. The van der Waals surface area contributed by atoms with Gasteiger partial charge in [0.2, 0.25) is 17.7 Å². The van der Waals surface area contributed by atoms with E-state index in [0.717, 1.165) is 35.1 Å². The fraction of sp³-hybridized carbons (Fsp3) is 0.340. The number of hydrogen-bond donors (Lipinski definition) is 4. The van der Waals surface area contributed by atoms with Crippen molar-refractivity contribution in [2.24, 2.45) is 5.92 Å². The van der Waals surface area contributed by atoms with Gasteiger partial charge >= 0.3 is 0 Å². The molecule has 0 aliphatic carbocycles. The van der Waals surface area contributed by atoms with Crippen LogP contribution in [0.15, 0.2) is 72.8 Å². The van der Waals surface area contributed by atoms with Crippen molar-refractivity contribution in [2.75, 3.05) is 72.9 Å². The van der Waals surface area contributed by atoms with Crippen LogP contribution in [0.1, 0.15) is 67.9 Å². The number of H-pyrrole nitrogens is 1. The van der Waals surface area contributed by atoms with Crippen molar-refractivity contribution < 1.29 is 42.3 Å². The number of nitrogens with zero attached hydrogens (tertiary/aromatic N) is 5. The minimum atomic E-state index is -1.07. The third-order valence-corrected chi connectivity index (χ3v) is 13.0. The number of rotatable bonds is 11. The maximum Gasteiger partial charge on any atom is 0.262 e. The molecule has 10 rings (SSSR count).